The predicted molar refractivity (Wildman–Crippen MR) is 47.7 cm³/mol. The minimum Gasteiger partial charge on any atom is -0.310 e. The van der Waals surface area contributed by atoms with E-state index in [4.69, 9.17) is 11.6 Å². The molecule has 0 fully saturated rings. The second-order valence-electron chi connectivity index (χ2n) is 2.94. The molecule has 62 valence electrons. The van der Waals surface area contributed by atoms with Gasteiger partial charge in [0.2, 0.25) is 0 Å². The molecule has 0 aliphatic heterocycles. The van der Waals surface area contributed by atoms with Crippen molar-refractivity contribution < 1.29 is 0 Å². The molecule has 0 spiro atoms. The Balaban J connectivity index is 3.46. The van der Waals surface area contributed by atoms with Crippen molar-refractivity contribution in [2.75, 3.05) is 0 Å². The average molecular weight is 164 g/mol. The molecular formula is C8H18ClN. The first-order chi connectivity index (χ1) is 4.57. The molecule has 0 aliphatic rings. The van der Waals surface area contributed by atoms with Gasteiger partial charge in [0.1, 0.15) is 0 Å². The van der Waals surface area contributed by atoms with Crippen molar-refractivity contribution in [3.63, 3.8) is 0 Å². The molecule has 0 aromatic rings. The van der Waals surface area contributed by atoms with Crippen LogP contribution in [-0.2, 0) is 0 Å². The number of nitrogens with one attached hydrogen (secondary N) is 1. The van der Waals surface area contributed by atoms with Crippen molar-refractivity contribution in [3.8, 4) is 0 Å². The first-order valence-corrected chi connectivity index (χ1v) is 4.41. The smallest absolute Gasteiger partial charge is 0.0458 e. The molecule has 0 radical (unpaired) electrons. The summed E-state index contributed by atoms with van der Waals surface area (Å²) < 4.78 is 0. The molecular weight excluding hydrogens is 146 g/mol. The molecule has 0 rings (SSSR count). The molecule has 0 amide bonds. The third kappa shape index (κ3) is 4.13. The van der Waals surface area contributed by atoms with Crippen molar-refractivity contribution >= 4 is 11.6 Å². The Kier molecular flexibility index (Phi) is 5.10. The normalized spacial score (nSPS) is 20.1. The second kappa shape index (κ2) is 4.97. The van der Waals surface area contributed by atoms with Gasteiger partial charge in [0.25, 0.3) is 0 Å². The number of hydrogen-bond acceptors (Lipinski definition) is 1. The van der Waals surface area contributed by atoms with Crippen LogP contribution in [0.2, 0.25) is 0 Å². The second-order valence-corrected chi connectivity index (χ2v) is 3.63. The molecule has 0 aromatic carbocycles. The van der Waals surface area contributed by atoms with Gasteiger partial charge in [0, 0.05) is 17.5 Å². The average Bonchev–Trinajstić information content (AvgIpc) is 1.87. The molecule has 2 heteroatoms. The molecule has 0 aliphatic carbocycles. The van der Waals surface area contributed by atoms with Crippen molar-refractivity contribution in [2.24, 2.45) is 0 Å². The van der Waals surface area contributed by atoms with Crippen LogP contribution >= 0.6 is 11.6 Å². The van der Waals surface area contributed by atoms with Gasteiger partial charge in [0.05, 0.1) is 0 Å². The van der Waals surface area contributed by atoms with Gasteiger partial charge >= 0.3 is 0 Å². The molecule has 0 heterocycles. The van der Waals surface area contributed by atoms with Gasteiger partial charge in [-0.05, 0) is 27.2 Å². The maximum atomic E-state index is 5.87. The van der Waals surface area contributed by atoms with Gasteiger partial charge in [-0.25, -0.2) is 0 Å². The van der Waals surface area contributed by atoms with Crippen LogP contribution in [0.15, 0.2) is 0 Å². The molecule has 1 N–H and O–H groups in total. The molecule has 0 saturated heterocycles. The molecule has 3 atom stereocenters. The summed E-state index contributed by atoms with van der Waals surface area (Å²) in [4.78, 5) is 0. The SMILES string of the molecule is CCC(C)NC(C)C(C)Cl. The van der Waals surface area contributed by atoms with Gasteiger partial charge < -0.3 is 5.32 Å². The van der Waals surface area contributed by atoms with E-state index in [2.05, 4.69) is 26.1 Å². The van der Waals surface area contributed by atoms with Crippen LogP contribution in [0.4, 0.5) is 0 Å². The summed E-state index contributed by atoms with van der Waals surface area (Å²) in [6.07, 6.45) is 1.16. The zero-order chi connectivity index (χ0) is 8.15. The first kappa shape index (κ1) is 10.2. The summed E-state index contributed by atoms with van der Waals surface area (Å²) in [5.74, 6) is 0. The highest BCUT2D eigenvalue weighted by Crippen LogP contribution is 2.02. The minimum absolute atomic E-state index is 0.217. The molecule has 1 nitrogen and oxygen atoms in total. The molecule has 0 bridgehead atoms. The number of alkyl halides is 1. The lowest BCUT2D eigenvalue weighted by molar-refractivity contribution is 0.452. The Hall–Kier alpha value is 0.250. The maximum Gasteiger partial charge on any atom is 0.0458 e. The standard InChI is InChI=1S/C8H18ClN/c1-5-6(2)10-8(4)7(3)9/h6-8,10H,5H2,1-4H3. The lowest BCUT2D eigenvalue weighted by Gasteiger charge is -2.20. The lowest BCUT2D eigenvalue weighted by Crippen LogP contribution is -2.38. The Morgan fingerprint density at radius 2 is 1.80 bits per heavy atom. The monoisotopic (exact) mass is 163 g/mol. The van der Waals surface area contributed by atoms with Gasteiger partial charge in [-0.15, -0.1) is 11.6 Å². The summed E-state index contributed by atoms with van der Waals surface area (Å²) in [5, 5.41) is 3.61. The minimum atomic E-state index is 0.217. The number of hydrogen-bond donors (Lipinski definition) is 1. The van der Waals surface area contributed by atoms with Crippen LogP contribution in [0.25, 0.3) is 0 Å². The van der Waals surface area contributed by atoms with Crippen molar-refractivity contribution in [3.05, 3.63) is 0 Å². The quantitative estimate of drug-likeness (QED) is 0.628. The highest BCUT2D eigenvalue weighted by atomic mass is 35.5. The van der Waals surface area contributed by atoms with Crippen LogP contribution in [-0.4, -0.2) is 17.5 Å². The van der Waals surface area contributed by atoms with E-state index >= 15 is 0 Å². The highest BCUT2D eigenvalue weighted by molar-refractivity contribution is 6.20. The molecule has 3 unspecified atom stereocenters. The topological polar surface area (TPSA) is 12.0 Å². The van der Waals surface area contributed by atoms with E-state index in [1.807, 2.05) is 6.92 Å². The maximum absolute atomic E-state index is 5.87. The lowest BCUT2D eigenvalue weighted by atomic mass is 10.2. The van der Waals surface area contributed by atoms with Crippen LogP contribution < -0.4 is 5.32 Å². The van der Waals surface area contributed by atoms with E-state index in [1.54, 1.807) is 0 Å². The predicted octanol–water partition coefficient (Wildman–Crippen LogP) is 2.39. The molecule has 10 heavy (non-hydrogen) atoms. The Labute approximate surface area is 69.1 Å². The fourth-order valence-corrected chi connectivity index (χ4v) is 0.772. The Morgan fingerprint density at radius 1 is 1.30 bits per heavy atom. The number of halogens is 1. The largest absolute Gasteiger partial charge is 0.310 e. The van der Waals surface area contributed by atoms with E-state index in [-0.39, 0.29) is 5.38 Å². The van der Waals surface area contributed by atoms with E-state index in [1.165, 1.54) is 0 Å². The van der Waals surface area contributed by atoms with Gasteiger partial charge in [-0.3, -0.25) is 0 Å². The van der Waals surface area contributed by atoms with E-state index in [9.17, 15) is 0 Å². The summed E-state index contributed by atoms with van der Waals surface area (Å²) in [7, 11) is 0. The summed E-state index contributed by atoms with van der Waals surface area (Å²) in [6.45, 7) is 8.48. The zero-order valence-corrected chi connectivity index (χ0v) is 8.07. The third-order valence-electron chi connectivity index (χ3n) is 1.85. The Morgan fingerprint density at radius 3 is 2.10 bits per heavy atom. The first-order valence-electron chi connectivity index (χ1n) is 3.98. The van der Waals surface area contributed by atoms with Crippen molar-refractivity contribution in [1.82, 2.24) is 5.32 Å². The third-order valence-corrected chi connectivity index (χ3v) is 2.23. The molecule has 0 saturated carbocycles. The van der Waals surface area contributed by atoms with Crippen molar-refractivity contribution in [2.45, 2.75) is 51.6 Å². The van der Waals surface area contributed by atoms with Crippen LogP contribution in [0.3, 0.4) is 0 Å². The van der Waals surface area contributed by atoms with Crippen LogP contribution in [0.1, 0.15) is 34.1 Å². The van der Waals surface area contributed by atoms with Crippen LogP contribution in [0, 0.1) is 0 Å². The van der Waals surface area contributed by atoms with Crippen LogP contribution in [0.5, 0.6) is 0 Å². The summed E-state index contributed by atoms with van der Waals surface area (Å²) in [5.41, 5.74) is 0. The van der Waals surface area contributed by atoms with E-state index in [0.29, 0.717) is 12.1 Å². The highest BCUT2D eigenvalue weighted by Gasteiger charge is 2.09. The summed E-state index contributed by atoms with van der Waals surface area (Å²) in [6, 6.07) is 0.993. The van der Waals surface area contributed by atoms with Gasteiger partial charge in [-0.1, -0.05) is 6.92 Å². The van der Waals surface area contributed by atoms with Crippen molar-refractivity contribution in [1.29, 1.82) is 0 Å². The summed E-state index contributed by atoms with van der Waals surface area (Å²) >= 11 is 5.87. The van der Waals surface area contributed by atoms with E-state index < -0.39 is 0 Å². The zero-order valence-electron chi connectivity index (χ0n) is 7.32. The Bertz CT molecular complexity index is 83.3. The van der Waals surface area contributed by atoms with Gasteiger partial charge in [-0.2, -0.15) is 0 Å². The fraction of sp³-hybridized carbons (Fsp3) is 1.00. The van der Waals surface area contributed by atoms with Gasteiger partial charge in [0.15, 0.2) is 0 Å². The van der Waals surface area contributed by atoms with E-state index in [0.717, 1.165) is 6.42 Å². The fourth-order valence-electron chi connectivity index (χ4n) is 0.699. The number of rotatable bonds is 4. The molecule has 0 aromatic heterocycles.